The summed E-state index contributed by atoms with van der Waals surface area (Å²) < 4.78 is 5.94. The first-order chi connectivity index (χ1) is 14.0. The molecule has 0 aliphatic heterocycles. The van der Waals surface area contributed by atoms with Gasteiger partial charge in [0.2, 0.25) is 5.91 Å². The molecule has 0 bridgehead atoms. The van der Waals surface area contributed by atoms with E-state index in [0.29, 0.717) is 22.9 Å². The van der Waals surface area contributed by atoms with Crippen molar-refractivity contribution in [1.82, 2.24) is 10.2 Å². The van der Waals surface area contributed by atoms with Gasteiger partial charge in [0.05, 0.1) is 23.6 Å². The van der Waals surface area contributed by atoms with Gasteiger partial charge in [-0.05, 0) is 55.5 Å². The van der Waals surface area contributed by atoms with Crippen LogP contribution in [0.4, 0.5) is 5.69 Å². The molecule has 2 aromatic carbocycles. The van der Waals surface area contributed by atoms with Crippen LogP contribution in [0.2, 0.25) is 0 Å². The fraction of sp³-hybridized carbons (Fsp3) is 0.143. The smallest absolute Gasteiger partial charge is 0.338 e. The first-order valence-corrected chi connectivity index (χ1v) is 10.6. The zero-order valence-electron chi connectivity index (χ0n) is 15.6. The fourth-order valence-electron chi connectivity index (χ4n) is 2.41. The Kier molecular flexibility index (Phi) is 7.37. The summed E-state index contributed by atoms with van der Waals surface area (Å²) >= 11 is 4.71. The van der Waals surface area contributed by atoms with E-state index >= 15 is 0 Å². The molecule has 1 N–H and O–H groups in total. The minimum Gasteiger partial charge on any atom is -0.462 e. The summed E-state index contributed by atoms with van der Waals surface area (Å²) in [4.78, 5) is 23.8. The van der Waals surface area contributed by atoms with Gasteiger partial charge in [-0.2, -0.15) is 0 Å². The Morgan fingerprint density at radius 1 is 1.00 bits per heavy atom. The van der Waals surface area contributed by atoms with Gasteiger partial charge < -0.3 is 10.1 Å². The molecule has 148 valence electrons. The molecule has 0 saturated heterocycles. The maximum atomic E-state index is 12.2. The molecule has 0 radical (unpaired) electrons. The van der Waals surface area contributed by atoms with Crippen LogP contribution in [0, 0.1) is 0 Å². The molecule has 1 amide bonds. The lowest BCUT2D eigenvalue weighted by molar-refractivity contribution is -0.113. The van der Waals surface area contributed by atoms with Crippen molar-refractivity contribution in [2.75, 3.05) is 17.7 Å². The third kappa shape index (κ3) is 6.13. The van der Waals surface area contributed by atoms with E-state index in [1.165, 1.54) is 11.8 Å². The molecule has 0 atom stereocenters. The molecule has 3 aromatic rings. The summed E-state index contributed by atoms with van der Waals surface area (Å²) in [6, 6.07) is 18.1. The minimum atomic E-state index is -0.383. The number of hydrogen-bond acceptors (Lipinski definition) is 6. The number of aromatic nitrogens is 2. The third-order valence-electron chi connectivity index (χ3n) is 3.81. The van der Waals surface area contributed by atoms with Crippen LogP contribution in [0.15, 0.2) is 70.2 Å². The highest BCUT2D eigenvalue weighted by molar-refractivity contribution is 9.10. The van der Waals surface area contributed by atoms with E-state index in [0.717, 1.165) is 15.7 Å². The van der Waals surface area contributed by atoms with Crippen LogP contribution < -0.4 is 5.32 Å². The van der Waals surface area contributed by atoms with Gasteiger partial charge in [-0.25, -0.2) is 4.79 Å². The lowest BCUT2D eigenvalue weighted by Crippen LogP contribution is -2.14. The molecule has 1 aromatic heterocycles. The van der Waals surface area contributed by atoms with E-state index in [9.17, 15) is 9.59 Å². The topological polar surface area (TPSA) is 81.2 Å². The number of rotatable bonds is 7. The molecular weight excluding hydrogens is 454 g/mol. The maximum absolute atomic E-state index is 12.2. The highest BCUT2D eigenvalue weighted by Gasteiger charge is 2.09. The van der Waals surface area contributed by atoms with Crippen molar-refractivity contribution in [1.29, 1.82) is 0 Å². The number of ether oxygens (including phenoxy) is 1. The van der Waals surface area contributed by atoms with Crippen molar-refractivity contribution in [2.24, 2.45) is 0 Å². The van der Waals surface area contributed by atoms with Crippen LogP contribution in [0.5, 0.6) is 0 Å². The summed E-state index contributed by atoms with van der Waals surface area (Å²) in [5.74, 6) is -0.352. The van der Waals surface area contributed by atoms with Gasteiger partial charge in [-0.3, -0.25) is 4.79 Å². The SMILES string of the molecule is CCOC(=O)c1ccc(NC(=O)CSc2ccc(-c3ccc(Br)cc3)nn2)cc1. The van der Waals surface area contributed by atoms with Crippen molar-refractivity contribution in [2.45, 2.75) is 11.9 Å². The van der Waals surface area contributed by atoms with Crippen molar-refractivity contribution >= 4 is 45.3 Å². The number of thioether (sulfide) groups is 1. The van der Waals surface area contributed by atoms with Crippen LogP contribution in [-0.4, -0.2) is 34.4 Å². The average molecular weight is 472 g/mol. The Hall–Kier alpha value is -2.71. The number of nitrogens with one attached hydrogen (secondary N) is 1. The summed E-state index contributed by atoms with van der Waals surface area (Å²) in [6.45, 7) is 2.07. The maximum Gasteiger partial charge on any atom is 0.338 e. The van der Waals surface area contributed by atoms with Gasteiger partial charge in [-0.1, -0.05) is 39.8 Å². The van der Waals surface area contributed by atoms with Gasteiger partial charge in [-0.15, -0.1) is 10.2 Å². The first kappa shape index (κ1) is 21.0. The van der Waals surface area contributed by atoms with Crippen molar-refractivity contribution < 1.29 is 14.3 Å². The molecule has 8 heteroatoms. The van der Waals surface area contributed by atoms with Gasteiger partial charge >= 0.3 is 5.97 Å². The Balaban J connectivity index is 1.51. The molecule has 0 saturated carbocycles. The largest absolute Gasteiger partial charge is 0.462 e. The van der Waals surface area contributed by atoms with Crippen LogP contribution in [0.25, 0.3) is 11.3 Å². The molecule has 3 rings (SSSR count). The van der Waals surface area contributed by atoms with Gasteiger partial charge in [0, 0.05) is 15.7 Å². The second-order valence-electron chi connectivity index (χ2n) is 5.90. The van der Waals surface area contributed by atoms with Gasteiger partial charge in [0.15, 0.2) is 0 Å². The molecule has 0 aliphatic carbocycles. The zero-order valence-corrected chi connectivity index (χ0v) is 18.0. The summed E-state index contributed by atoms with van der Waals surface area (Å²) in [5.41, 5.74) is 2.80. The lowest BCUT2D eigenvalue weighted by atomic mass is 10.1. The van der Waals surface area contributed by atoms with Crippen molar-refractivity contribution in [3.05, 3.63) is 70.7 Å². The van der Waals surface area contributed by atoms with E-state index in [-0.39, 0.29) is 17.6 Å². The van der Waals surface area contributed by atoms with Crippen LogP contribution >= 0.6 is 27.7 Å². The molecule has 29 heavy (non-hydrogen) atoms. The third-order valence-corrected chi connectivity index (χ3v) is 5.26. The number of amides is 1. The summed E-state index contributed by atoms with van der Waals surface area (Å²) in [5, 5.41) is 11.8. The second-order valence-corrected chi connectivity index (χ2v) is 7.81. The van der Waals surface area contributed by atoms with Crippen LogP contribution in [0.3, 0.4) is 0 Å². The summed E-state index contributed by atoms with van der Waals surface area (Å²) in [6.07, 6.45) is 0. The molecule has 0 spiro atoms. The Morgan fingerprint density at radius 3 is 2.34 bits per heavy atom. The lowest BCUT2D eigenvalue weighted by Gasteiger charge is -2.06. The highest BCUT2D eigenvalue weighted by atomic mass is 79.9. The monoisotopic (exact) mass is 471 g/mol. The summed E-state index contributed by atoms with van der Waals surface area (Å²) in [7, 11) is 0. The second kappa shape index (κ2) is 10.2. The number of hydrogen-bond donors (Lipinski definition) is 1. The van der Waals surface area contributed by atoms with E-state index < -0.39 is 0 Å². The van der Waals surface area contributed by atoms with E-state index in [4.69, 9.17) is 4.74 Å². The molecular formula is C21H18BrN3O3S. The van der Waals surface area contributed by atoms with E-state index in [2.05, 4.69) is 31.4 Å². The Labute approximate surface area is 181 Å². The minimum absolute atomic E-state index is 0.169. The number of nitrogens with zero attached hydrogens (tertiary/aromatic N) is 2. The fourth-order valence-corrected chi connectivity index (χ4v) is 3.29. The number of halogens is 1. The molecule has 6 nitrogen and oxygen atoms in total. The standard InChI is InChI=1S/C21H18BrN3O3S/c1-2-28-21(27)15-5-9-17(10-6-15)23-19(26)13-29-20-12-11-18(24-25-20)14-3-7-16(22)8-4-14/h3-12H,2,13H2,1H3,(H,23,26). The zero-order chi connectivity index (χ0) is 20.6. The first-order valence-electron chi connectivity index (χ1n) is 8.84. The van der Waals surface area contributed by atoms with Crippen molar-refractivity contribution in [3.63, 3.8) is 0 Å². The van der Waals surface area contributed by atoms with Crippen molar-refractivity contribution in [3.8, 4) is 11.3 Å². The molecule has 0 unspecified atom stereocenters. The molecule has 0 fully saturated rings. The average Bonchev–Trinajstić information content (AvgIpc) is 2.74. The number of anilines is 1. The van der Waals surface area contributed by atoms with E-state index in [1.807, 2.05) is 36.4 Å². The number of esters is 1. The van der Waals surface area contributed by atoms with Gasteiger partial charge in [0.25, 0.3) is 0 Å². The predicted molar refractivity (Wildman–Crippen MR) is 117 cm³/mol. The highest BCUT2D eigenvalue weighted by Crippen LogP contribution is 2.22. The Bertz CT molecular complexity index is 978. The Morgan fingerprint density at radius 2 is 1.72 bits per heavy atom. The van der Waals surface area contributed by atoms with Crippen LogP contribution in [0.1, 0.15) is 17.3 Å². The number of carbonyl (C=O) groups is 2. The molecule has 1 heterocycles. The number of carbonyl (C=O) groups excluding carboxylic acids is 2. The van der Waals surface area contributed by atoms with Gasteiger partial charge in [0.1, 0.15) is 5.03 Å². The van der Waals surface area contributed by atoms with E-state index in [1.54, 1.807) is 31.2 Å². The number of benzene rings is 2. The normalized spacial score (nSPS) is 10.4. The molecule has 0 aliphatic rings. The van der Waals surface area contributed by atoms with Crippen LogP contribution in [-0.2, 0) is 9.53 Å². The quantitative estimate of drug-likeness (QED) is 0.393. The predicted octanol–water partition coefficient (Wildman–Crippen LogP) is 4.81.